The van der Waals surface area contributed by atoms with Gasteiger partial charge in [-0.25, -0.2) is 9.78 Å². The number of hydrogen-bond acceptors (Lipinski definition) is 5. The summed E-state index contributed by atoms with van der Waals surface area (Å²) in [6.45, 7) is 4.39. The Bertz CT molecular complexity index is 547. The fraction of sp³-hybridized carbons (Fsp3) is 0.643. The van der Waals surface area contributed by atoms with E-state index in [0.29, 0.717) is 4.88 Å². The minimum absolute atomic E-state index is 0.0632. The maximum Gasteiger partial charge on any atom is 0.335 e. The van der Waals surface area contributed by atoms with Gasteiger partial charge in [-0.05, 0) is 19.8 Å². The highest BCUT2D eigenvalue weighted by Gasteiger charge is 2.40. The molecule has 0 aliphatic carbocycles. The van der Waals surface area contributed by atoms with E-state index >= 15 is 0 Å². The van der Waals surface area contributed by atoms with Crippen LogP contribution in [0.25, 0.3) is 0 Å². The van der Waals surface area contributed by atoms with Gasteiger partial charge in [-0.2, -0.15) is 0 Å². The average molecular weight is 312 g/mol. The average Bonchev–Trinajstić information content (AvgIpc) is 2.80. The number of amides is 1. The van der Waals surface area contributed by atoms with Gasteiger partial charge in [0.05, 0.1) is 10.7 Å². The summed E-state index contributed by atoms with van der Waals surface area (Å²) in [7, 11) is 0. The number of aliphatic carboxylic acids is 1. The van der Waals surface area contributed by atoms with E-state index in [-0.39, 0.29) is 31.8 Å². The van der Waals surface area contributed by atoms with E-state index < -0.39 is 11.6 Å². The van der Waals surface area contributed by atoms with Gasteiger partial charge in [-0.1, -0.05) is 6.92 Å². The van der Waals surface area contributed by atoms with Crippen LogP contribution in [-0.2, 0) is 11.2 Å². The van der Waals surface area contributed by atoms with Crippen molar-refractivity contribution in [1.29, 1.82) is 0 Å². The van der Waals surface area contributed by atoms with Crippen molar-refractivity contribution in [3.63, 3.8) is 0 Å². The molecule has 1 fully saturated rings. The molecule has 2 N–H and O–H groups in total. The van der Waals surface area contributed by atoms with E-state index in [1.807, 2.05) is 6.92 Å². The molecule has 0 saturated carbocycles. The Morgan fingerprint density at radius 2 is 2.00 bits per heavy atom. The lowest BCUT2D eigenvalue weighted by Crippen LogP contribution is -2.50. The number of nitrogens with zero attached hydrogens (tertiary/aromatic N) is 2. The summed E-state index contributed by atoms with van der Waals surface area (Å²) < 4.78 is 0. The molecular formula is C14H20N2O4S. The van der Waals surface area contributed by atoms with Gasteiger partial charge in [0.15, 0.2) is 5.60 Å². The second-order valence-electron chi connectivity index (χ2n) is 5.40. The maximum atomic E-state index is 12.5. The number of hydrogen-bond donors (Lipinski definition) is 2. The lowest BCUT2D eigenvalue weighted by atomic mass is 9.91. The molecular weight excluding hydrogens is 292 g/mol. The number of aliphatic hydroxyl groups is 1. The highest BCUT2D eigenvalue weighted by Crippen LogP contribution is 2.26. The molecule has 2 heterocycles. The Labute approximate surface area is 127 Å². The fourth-order valence-corrected chi connectivity index (χ4v) is 3.54. The predicted molar refractivity (Wildman–Crippen MR) is 78.6 cm³/mol. The Hall–Kier alpha value is -1.47. The summed E-state index contributed by atoms with van der Waals surface area (Å²) in [6.07, 6.45) is 1.97. The van der Waals surface area contributed by atoms with Crippen LogP contribution in [0, 0.1) is 6.92 Å². The molecule has 1 aliphatic rings. The highest BCUT2D eigenvalue weighted by molar-refractivity contribution is 7.13. The van der Waals surface area contributed by atoms with Gasteiger partial charge < -0.3 is 15.1 Å². The summed E-state index contributed by atoms with van der Waals surface area (Å²) >= 11 is 1.41. The van der Waals surface area contributed by atoms with Crippen molar-refractivity contribution in [1.82, 2.24) is 9.88 Å². The van der Waals surface area contributed by atoms with Gasteiger partial charge in [0.1, 0.15) is 4.88 Å². The van der Waals surface area contributed by atoms with Crippen molar-refractivity contribution in [2.24, 2.45) is 0 Å². The zero-order valence-electron chi connectivity index (χ0n) is 12.3. The van der Waals surface area contributed by atoms with E-state index in [1.54, 1.807) is 4.90 Å². The first kappa shape index (κ1) is 15.9. The monoisotopic (exact) mass is 312 g/mol. The molecule has 21 heavy (non-hydrogen) atoms. The normalized spacial score (nSPS) is 17.8. The number of rotatable bonds is 4. The molecule has 0 spiro atoms. The lowest BCUT2D eigenvalue weighted by Gasteiger charge is -2.35. The Morgan fingerprint density at radius 1 is 1.38 bits per heavy atom. The SMILES string of the molecule is CCCc1nc(C)c(C(=O)N2CCC(O)(C(=O)O)CC2)s1. The van der Waals surface area contributed by atoms with Crippen LogP contribution >= 0.6 is 11.3 Å². The van der Waals surface area contributed by atoms with Gasteiger partial charge >= 0.3 is 5.97 Å². The Balaban J connectivity index is 2.07. The number of carbonyl (C=O) groups excluding carboxylic acids is 1. The molecule has 0 bridgehead atoms. The van der Waals surface area contributed by atoms with Crippen LogP contribution in [0.4, 0.5) is 0 Å². The van der Waals surface area contributed by atoms with Crippen molar-refractivity contribution in [3.8, 4) is 0 Å². The van der Waals surface area contributed by atoms with Crippen LogP contribution in [-0.4, -0.2) is 50.7 Å². The third-order valence-electron chi connectivity index (χ3n) is 3.77. The summed E-state index contributed by atoms with van der Waals surface area (Å²) in [5, 5.41) is 19.8. The first-order valence-electron chi connectivity index (χ1n) is 7.08. The Kier molecular flexibility index (Phi) is 4.63. The first-order valence-corrected chi connectivity index (χ1v) is 7.90. The number of likely N-dealkylation sites (tertiary alicyclic amines) is 1. The van der Waals surface area contributed by atoms with Crippen LogP contribution in [0.15, 0.2) is 0 Å². The van der Waals surface area contributed by atoms with E-state index in [9.17, 15) is 14.7 Å². The molecule has 0 radical (unpaired) electrons. The predicted octanol–water partition coefficient (Wildman–Crippen LogP) is 1.46. The lowest BCUT2D eigenvalue weighted by molar-refractivity contribution is -0.162. The van der Waals surface area contributed by atoms with Crippen LogP contribution in [0.2, 0.25) is 0 Å². The number of carbonyl (C=O) groups is 2. The van der Waals surface area contributed by atoms with Gasteiger partial charge in [0, 0.05) is 25.9 Å². The molecule has 1 aromatic heterocycles. The largest absolute Gasteiger partial charge is 0.479 e. The third kappa shape index (κ3) is 3.24. The fourth-order valence-electron chi connectivity index (χ4n) is 2.41. The standard InChI is InChI=1S/C14H20N2O4S/c1-3-4-10-15-9(2)11(21-10)12(17)16-7-5-14(20,6-8-16)13(18)19/h20H,3-8H2,1-2H3,(H,18,19). The number of carboxylic acids is 1. The molecule has 1 amide bonds. The number of carboxylic acid groups (broad SMARTS) is 1. The first-order chi connectivity index (χ1) is 9.87. The molecule has 0 aromatic carbocycles. The van der Waals surface area contributed by atoms with Crippen LogP contribution in [0.1, 0.15) is 46.6 Å². The number of aryl methyl sites for hydroxylation is 2. The van der Waals surface area contributed by atoms with Crippen molar-refractivity contribution in [2.45, 2.75) is 45.1 Å². The minimum atomic E-state index is -1.70. The maximum absolute atomic E-state index is 12.5. The Morgan fingerprint density at radius 3 is 2.52 bits per heavy atom. The summed E-state index contributed by atoms with van der Waals surface area (Å²) in [5.41, 5.74) is -0.972. The van der Waals surface area contributed by atoms with Gasteiger partial charge in [-0.3, -0.25) is 4.79 Å². The van der Waals surface area contributed by atoms with E-state index in [0.717, 1.165) is 23.5 Å². The van der Waals surface area contributed by atoms with E-state index in [4.69, 9.17) is 5.11 Å². The summed E-state index contributed by atoms with van der Waals surface area (Å²) in [6, 6.07) is 0. The van der Waals surface area contributed by atoms with Gasteiger partial charge in [0.25, 0.3) is 5.91 Å². The summed E-state index contributed by atoms with van der Waals surface area (Å²) in [5.74, 6) is -1.33. The molecule has 1 aliphatic heterocycles. The second-order valence-corrected chi connectivity index (χ2v) is 6.48. The minimum Gasteiger partial charge on any atom is -0.479 e. The molecule has 1 saturated heterocycles. The molecule has 1 aromatic rings. The quantitative estimate of drug-likeness (QED) is 0.878. The van der Waals surface area contributed by atoms with Crippen LogP contribution in [0.5, 0.6) is 0 Å². The highest BCUT2D eigenvalue weighted by atomic mass is 32.1. The third-order valence-corrected chi connectivity index (χ3v) is 4.98. The van der Waals surface area contributed by atoms with Crippen molar-refractivity contribution in [2.75, 3.05) is 13.1 Å². The molecule has 7 heteroatoms. The molecule has 0 atom stereocenters. The zero-order valence-corrected chi connectivity index (χ0v) is 13.1. The van der Waals surface area contributed by atoms with Gasteiger partial charge in [-0.15, -0.1) is 11.3 Å². The molecule has 116 valence electrons. The number of aromatic nitrogens is 1. The van der Waals surface area contributed by atoms with E-state index in [2.05, 4.69) is 11.9 Å². The van der Waals surface area contributed by atoms with Crippen LogP contribution in [0.3, 0.4) is 0 Å². The summed E-state index contributed by atoms with van der Waals surface area (Å²) in [4.78, 5) is 30.1. The van der Waals surface area contributed by atoms with Crippen LogP contribution < -0.4 is 0 Å². The topological polar surface area (TPSA) is 90.7 Å². The van der Waals surface area contributed by atoms with E-state index in [1.165, 1.54) is 11.3 Å². The second kappa shape index (κ2) is 6.11. The van der Waals surface area contributed by atoms with Crippen molar-refractivity contribution in [3.05, 3.63) is 15.6 Å². The van der Waals surface area contributed by atoms with Crippen molar-refractivity contribution < 1.29 is 19.8 Å². The van der Waals surface area contributed by atoms with Crippen molar-refractivity contribution >= 4 is 23.2 Å². The molecule has 2 rings (SSSR count). The number of thiazole rings is 1. The smallest absolute Gasteiger partial charge is 0.335 e. The zero-order chi connectivity index (χ0) is 15.6. The molecule has 6 nitrogen and oxygen atoms in total. The molecule has 0 unspecified atom stereocenters. The van der Waals surface area contributed by atoms with Gasteiger partial charge in [0.2, 0.25) is 0 Å². The number of piperidine rings is 1.